The fourth-order valence-electron chi connectivity index (χ4n) is 2.03. The van der Waals surface area contributed by atoms with Crippen LogP contribution in [-0.4, -0.2) is 9.81 Å². The Hall–Kier alpha value is -1.15. The smallest absolute Gasteiger partial charge is 0.0414 e. The molecule has 1 aromatic carbocycles. The van der Waals surface area contributed by atoms with Crippen molar-refractivity contribution in [3.05, 3.63) is 65.0 Å². The van der Waals surface area contributed by atoms with E-state index in [0.717, 1.165) is 25.0 Å². The number of nitrogens with zero attached hydrogens (tertiary/aromatic N) is 1. The predicted octanol–water partition coefficient (Wildman–Crippen LogP) is 4.64. The van der Waals surface area contributed by atoms with Crippen molar-refractivity contribution in [2.75, 3.05) is 0 Å². The topological polar surface area (TPSA) is 12.9 Å². The highest BCUT2D eigenvalue weighted by atomic mass is 79.9. The molecular formula is C17H20BrN. The van der Waals surface area contributed by atoms with E-state index in [1.807, 2.05) is 6.20 Å². The average molecular weight is 318 g/mol. The third-order valence-electron chi connectivity index (χ3n) is 3.27. The van der Waals surface area contributed by atoms with Crippen LogP contribution in [0.15, 0.2) is 42.6 Å². The molecule has 0 saturated carbocycles. The van der Waals surface area contributed by atoms with Gasteiger partial charge in [-0.25, -0.2) is 0 Å². The molecule has 0 aliphatic rings. The van der Waals surface area contributed by atoms with Crippen LogP contribution in [0.4, 0.5) is 0 Å². The Bertz CT molecular complexity index is 502. The van der Waals surface area contributed by atoms with E-state index in [1.165, 1.54) is 16.7 Å². The van der Waals surface area contributed by atoms with Gasteiger partial charge in [0.1, 0.15) is 0 Å². The number of rotatable bonds is 5. The summed E-state index contributed by atoms with van der Waals surface area (Å²) in [5, 5.41) is 0. The van der Waals surface area contributed by atoms with Crippen molar-refractivity contribution in [3.8, 4) is 0 Å². The quantitative estimate of drug-likeness (QED) is 0.732. The minimum atomic E-state index is 0.490. The van der Waals surface area contributed by atoms with Crippen LogP contribution in [0.2, 0.25) is 0 Å². The predicted molar refractivity (Wildman–Crippen MR) is 84.9 cm³/mol. The number of benzene rings is 1. The second kappa shape index (κ2) is 6.85. The second-order valence-corrected chi connectivity index (χ2v) is 6.45. The Kier molecular flexibility index (Phi) is 5.15. The van der Waals surface area contributed by atoms with Crippen molar-refractivity contribution in [2.45, 2.75) is 37.9 Å². The summed E-state index contributed by atoms with van der Waals surface area (Å²) in [7, 11) is 0. The van der Waals surface area contributed by atoms with Crippen LogP contribution in [0.1, 0.15) is 28.8 Å². The van der Waals surface area contributed by atoms with Crippen molar-refractivity contribution in [1.82, 2.24) is 4.98 Å². The first-order chi connectivity index (χ1) is 9.13. The summed E-state index contributed by atoms with van der Waals surface area (Å²) >= 11 is 3.77. The zero-order chi connectivity index (χ0) is 13.7. The lowest BCUT2D eigenvalue weighted by atomic mass is 10.0. The van der Waals surface area contributed by atoms with E-state index in [4.69, 9.17) is 0 Å². The molecule has 0 N–H and O–H groups in total. The van der Waals surface area contributed by atoms with E-state index in [-0.39, 0.29) is 0 Å². The number of halogens is 1. The van der Waals surface area contributed by atoms with Crippen LogP contribution in [0.25, 0.3) is 0 Å². The number of alkyl halides is 1. The molecule has 0 spiro atoms. The van der Waals surface area contributed by atoms with Crippen LogP contribution in [0.3, 0.4) is 0 Å². The highest BCUT2D eigenvalue weighted by molar-refractivity contribution is 9.09. The van der Waals surface area contributed by atoms with E-state index in [2.05, 4.69) is 71.2 Å². The molecule has 0 amide bonds. The van der Waals surface area contributed by atoms with E-state index < -0.39 is 0 Å². The van der Waals surface area contributed by atoms with Gasteiger partial charge in [-0.2, -0.15) is 0 Å². The Morgan fingerprint density at radius 1 is 1.00 bits per heavy atom. The number of pyridine rings is 1. The van der Waals surface area contributed by atoms with Gasteiger partial charge in [0.05, 0.1) is 0 Å². The van der Waals surface area contributed by atoms with E-state index in [1.54, 1.807) is 0 Å². The third-order valence-corrected chi connectivity index (χ3v) is 4.05. The van der Waals surface area contributed by atoms with Crippen molar-refractivity contribution >= 4 is 15.9 Å². The molecule has 1 aromatic heterocycles. The average Bonchev–Trinajstić information content (AvgIpc) is 2.41. The molecule has 0 fully saturated rings. The van der Waals surface area contributed by atoms with Gasteiger partial charge >= 0.3 is 0 Å². The van der Waals surface area contributed by atoms with Crippen molar-refractivity contribution < 1.29 is 0 Å². The van der Waals surface area contributed by atoms with Gasteiger partial charge in [-0.15, -0.1) is 0 Å². The number of hydrogen-bond acceptors (Lipinski definition) is 1. The number of hydrogen-bond donors (Lipinski definition) is 0. The minimum absolute atomic E-state index is 0.490. The first kappa shape index (κ1) is 14.3. The molecule has 0 aliphatic carbocycles. The van der Waals surface area contributed by atoms with Crippen LogP contribution in [0, 0.1) is 13.8 Å². The molecule has 0 bridgehead atoms. The van der Waals surface area contributed by atoms with Crippen LogP contribution >= 0.6 is 15.9 Å². The molecule has 19 heavy (non-hydrogen) atoms. The van der Waals surface area contributed by atoms with Gasteiger partial charge in [0.25, 0.3) is 0 Å². The van der Waals surface area contributed by atoms with Gasteiger partial charge in [0.2, 0.25) is 0 Å². The lowest BCUT2D eigenvalue weighted by Gasteiger charge is -2.09. The maximum absolute atomic E-state index is 4.45. The molecule has 2 aromatic rings. The molecular weight excluding hydrogens is 298 g/mol. The van der Waals surface area contributed by atoms with Crippen molar-refractivity contribution in [1.29, 1.82) is 0 Å². The van der Waals surface area contributed by atoms with Crippen molar-refractivity contribution in [2.24, 2.45) is 0 Å². The fraction of sp³-hybridized carbons (Fsp3) is 0.353. The van der Waals surface area contributed by atoms with Gasteiger partial charge in [-0.1, -0.05) is 51.8 Å². The first-order valence-electron chi connectivity index (χ1n) is 6.74. The number of aromatic nitrogens is 1. The first-order valence-corrected chi connectivity index (χ1v) is 7.66. The monoisotopic (exact) mass is 317 g/mol. The Morgan fingerprint density at radius 3 is 2.32 bits per heavy atom. The van der Waals surface area contributed by atoms with E-state index in [0.29, 0.717) is 4.83 Å². The summed E-state index contributed by atoms with van der Waals surface area (Å²) in [5.74, 6) is 0. The molecule has 2 heteroatoms. The van der Waals surface area contributed by atoms with Gasteiger partial charge in [0, 0.05) is 23.1 Å². The Balaban J connectivity index is 1.82. The molecule has 0 aliphatic heterocycles. The molecule has 2 rings (SSSR count). The van der Waals surface area contributed by atoms with Crippen LogP contribution in [-0.2, 0) is 12.8 Å². The van der Waals surface area contributed by atoms with Gasteiger partial charge in [-0.05, 0) is 43.9 Å². The lowest BCUT2D eigenvalue weighted by molar-refractivity contribution is 0.750. The van der Waals surface area contributed by atoms with Gasteiger partial charge in [0.15, 0.2) is 0 Å². The molecule has 1 unspecified atom stereocenters. The molecule has 1 atom stereocenters. The zero-order valence-electron chi connectivity index (χ0n) is 11.6. The van der Waals surface area contributed by atoms with Crippen LogP contribution < -0.4 is 0 Å². The SMILES string of the molecule is Cc1ccc(CCC(Br)Cc2ccc(C)cn2)cc1. The van der Waals surface area contributed by atoms with E-state index >= 15 is 0 Å². The second-order valence-electron chi connectivity index (χ2n) is 5.15. The standard InChI is InChI=1S/C17H20BrN/c1-13-3-6-15(7-4-13)8-9-16(18)11-17-10-5-14(2)12-19-17/h3-7,10,12,16H,8-9,11H2,1-2H3. The summed E-state index contributed by atoms with van der Waals surface area (Å²) in [5.41, 5.74) is 5.11. The molecule has 1 heterocycles. The van der Waals surface area contributed by atoms with Crippen LogP contribution in [0.5, 0.6) is 0 Å². The maximum Gasteiger partial charge on any atom is 0.0414 e. The molecule has 0 radical (unpaired) electrons. The summed E-state index contributed by atoms with van der Waals surface area (Å²) in [4.78, 5) is 4.94. The summed E-state index contributed by atoms with van der Waals surface area (Å²) in [6.45, 7) is 4.19. The normalized spacial score (nSPS) is 12.4. The third kappa shape index (κ3) is 4.79. The van der Waals surface area contributed by atoms with Gasteiger partial charge in [-0.3, -0.25) is 4.98 Å². The number of aryl methyl sites for hydroxylation is 3. The lowest BCUT2D eigenvalue weighted by Crippen LogP contribution is -2.06. The zero-order valence-corrected chi connectivity index (χ0v) is 13.2. The van der Waals surface area contributed by atoms with Gasteiger partial charge < -0.3 is 0 Å². The minimum Gasteiger partial charge on any atom is -0.261 e. The largest absolute Gasteiger partial charge is 0.261 e. The molecule has 0 saturated heterocycles. The summed E-state index contributed by atoms with van der Waals surface area (Å²) in [6.07, 6.45) is 5.18. The van der Waals surface area contributed by atoms with Crippen molar-refractivity contribution in [3.63, 3.8) is 0 Å². The Morgan fingerprint density at radius 2 is 1.68 bits per heavy atom. The highest BCUT2D eigenvalue weighted by Gasteiger charge is 2.07. The maximum atomic E-state index is 4.45. The fourth-order valence-corrected chi connectivity index (χ4v) is 2.59. The molecule has 1 nitrogen and oxygen atoms in total. The Labute approximate surface area is 124 Å². The highest BCUT2D eigenvalue weighted by Crippen LogP contribution is 2.16. The van der Waals surface area contributed by atoms with E-state index in [9.17, 15) is 0 Å². The summed E-state index contributed by atoms with van der Waals surface area (Å²) in [6, 6.07) is 13.1. The summed E-state index contributed by atoms with van der Waals surface area (Å²) < 4.78 is 0. The molecule has 100 valence electrons.